The largest absolute Gasteiger partial charge is 0.392 e. The number of benzene rings is 1. The molecule has 104 valence electrons. The van der Waals surface area contributed by atoms with Gasteiger partial charge in [0.2, 0.25) is 0 Å². The van der Waals surface area contributed by atoms with E-state index < -0.39 is 5.60 Å². The monoisotopic (exact) mass is 265 g/mol. The lowest BCUT2D eigenvalue weighted by Crippen LogP contribution is -2.47. The van der Waals surface area contributed by atoms with Crippen LogP contribution in [0.15, 0.2) is 24.3 Å². The van der Waals surface area contributed by atoms with Gasteiger partial charge in [0.15, 0.2) is 0 Å². The smallest absolute Gasteiger partial charge is 0.251 e. The second-order valence-electron chi connectivity index (χ2n) is 4.90. The summed E-state index contributed by atoms with van der Waals surface area (Å²) in [4.78, 5) is 11.9. The summed E-state index contributed by atoms with van der Waals surface area (Å²) in [5.41, 5.74) is 0.279. The molecule has 0 saturated carbocycles. The second kappa shape index (κ2) is 5.69. The fourth-order valence-corrected chi connectivity index (χ4v) is 2.10. The molecule has 2 rings (SSSR count). The van der Waals surface area contributed by atoms with Gasteiger partial charge in [-0.25, -0.2) is 0 Å². The van der Waals surface area contributed by atoms with Crippen molar-refractivity contribution in [3.63, 3.8) is 0 Å². The molecule has 2 atom stereocenters. The Balaban J connectivity index is 1.93. The number of rotatable bonds is 4. The van der Waals surface area contributed by atoms with Gasteiger partial charge in [-0.15, -0.1) is 0 Å². The fourth-order valence-electron chi connectivity index (χ4n) is 2.10. The zero-order valence-electron chi connectivity index (χ0n) is 10.9. The van der Waals surface area contributed by atoms with Crippen LogP contribution in [0.2, 0.25) is 0 Å². The van der Waals surface area contributed by atoms with Crippen molar-refractivity contribution in [3.05, 3.63) is 35.4 Å². The van der Waals surface area contributed by atoms with Gasteiger partial charge in [0.05, 0.1) is 12.7 Å². The normalized spacial score (nSPS) is 26.4. The number of carbonyl (C=O) groups is 1. The van der Waals surface area contributed by atoms with Crippen LogP contribution in [0.3, 0.4) is 0 Å². The van der Waals surface area contributed by atoms with Gasteiger partial charge in [-0.1, -0.05) is 12.1 Å². The Morgan fingerprint density at radius 3 is 2.68 bits per heavy atom. The van der Waals surface area contributed by atoms with Crippen molar-refractivity contribution in [2.45, 2.75) is 31.7 Å². The van der Waals surface area contributed by atoms with Crippen molar-refractivity contribution in [2.24, 2.45) is 0 Å². The van der Waals surface area contributed by atoms with Crippen molar-refractivity contribution in [1.82, 2.24) is 5.32 Å². The van der Waals surface area contributed by atoms with Crippen LogP contribution in [0.4, 0.5) is 0 Å². The van der Waals surface area contributed by atoms with Gasteiger partial charge in [-0.3, -0.25) is 4.79 Å². The predicted molar refractivity (Wildman–Crippen MR) is 69.7 cm³/mol. The summed E-state index contributed by atoms with van der Waals surface area (Å²) >= 11 is 0. The van der Waals surface area contributed by atoms with E-state index >= 15 is 0 Å². The molecule has 1 saturated heterocycles. The van der Waals surface area contributed by atoms with E-state index in [4.69, 9.17) is 9.84 Å². The lowest BCUT2D eigenvalue weighted by Gasteiger charge is -2.26. The quantitative estimate of drug-likeness (QED) is 0.738. The molecule has 5 heteroatoms. The lowest BCUT2D eigenvalue weighted by atomic mass is 9.96. The second-order valence-corrected chi connectivity index (χ2v) is 4.90. The maximum Gasteiger partial charge on any atom is 0.251 e. The summed E-state index contributed by atoms with van der Waals surface area (Å²) in [7, 11) is 0. The molecular weight excluding hydrogens is 246 g/mol. The van der Waals surface area contributed by atoms with E-state index in [-0.39, 0.29) is 25.2 Å². The van der Waals surface area contributed by atoms with E-state index in [0.29, 0.717) is 18.6 Å². The molecule has 0 spiro atoms. The van der Waals surface area contributed by atoms with Crippen LogP contribution < -0.4 is 5.32 Å². The lowest BCUT2D eigenvalue weighted by molar-refractivity contribution is -0.0251. The highest BCUT2D eigenvalue weighted by molar-refractivity contribution is 5.94. The zero-order valence-corrected chi connectivity index (χ0v) is 10.9. The maximum absolute atomic E-state index is 11.9. The summed E-state index contributed by atoms with van der Waals surface area (Å²) in [6.07, 6.45) is 0.252. The van der Waals surface area contributed by atoms with Crippen molar-refractivity contribution in [2.75, 3.05) is 13.2 Å². The molecular formula is C14H19NO4. The molecule has 2 unspecified atom stereocenters. The van der Waals surface area contributed by atoms with Crippen molar-refractivity contribution < 1.29 is 19.7 Å². The van der Waals surface area contributed by atoms with E-state index in [2.05, 4.69) is 5.32 Å². The molecule has 1 aromatic rings. The predicted octanol–water partition coefficient (Wildman–Crippen LogP) is 0.449. The van der Waals surface area contributed by atoms with Crippen LogP contribution in [-0.4, -0.2) is 41.0 Å². The highest BCUT2D eigenvalue weighted by Gasteiger charge is 2.39. The Kier molecular flexibility index (Phi) is 4.19. The maximum atomic E-state index is 11.9. The molecule has 1 aromatic carbocycles. The first-order chi connectivity index (χ1) is 9.05. The van der Waals surface area contributed by atoms with Gasteiger partial charge in [-0.05, 0) is 24.6 Å². The number of aliphatic hydroxyl groups is 2. The van der Waals surface area contributed by atoms with Gasteiger partial charge in [0.1, 0.15) is 5.60 Å². The number of hydrogen-bond acceptors (Lipinski definition) is 4. The molecule has 3 N–H and O–H groups in total. The molecule has 0 bridgehead atoms. The molecule has 0 radical (unpaired) electrons. The zero-order chi connectivity index (χ0) is 13.9. The van der Waals surface area contributed by atoms with Crippen LogP contribution in [0.1, 0.15) is 29.3 Å². The van der Waals surface area contributed by atoms with E-state index in [0.717, 1.165) is 5.56 Å². The highest BCUT2D eigenvalue weighted by atomic mass is 16.5. The van der Waals surface area contributed by atoms with Crippen LogP contribution in [0.5, 0.6) is 0 Å². The average molecular weight is 265 g/mol. The number of ether oxygens (including phenoxy) is 1. The van der Waals surface area contributed by atoms with Gasteiger partial charge in [-0.2, -0.15) is 0 Å². The Bertz CT molecular complexity index is 445. The minimum Gasteiger partial charge on any atom is -0.392 e. The van der Waals surface area contributed by atoms with Crippen LogP contribution in [0.25, 0.3) is 0 Å². The summed E-state index contributed by atoms with van der Waals surface area (Å²) in [6.45, 7) is 2.44. The molecule has 1 fully saturated rings. The van der Waals surface area contributed by atoms with Crippen LogP contribution in [0, 0.1) is 0 Å². The molecule has 0 aliphatic carbocycles. The Labute approximate surface area is 112 Å². The van der Waals surface area contributed by atoms with Crippen molar-refractivity contribution in [1.29, 1.82) is 0 Å². The molecule has 0 aromatic heterocycles. The van der Waals surface area contributed by atoms with Gasteiger partial charge in [0, 0.05) is 25.1 Å². The number of nitrogens with one attached hydrogen (secondary N) is 1. The Hall–Kier alpha value is -1.43. The Morgan fingerprint density at radius 2 is 2.16 bits per heavy atom. The summed E-state index contributed by atoms with van der Waals surface area (Å²) in [5.74, 6) is -0.239. The average Bonchev–Trinajstić information content (AvgIpc) is 2.77. The number of aliphatic hydroxyl groups excluding tert-OH is 1. The molecule has 5 nitrogen and oxygen atoms in total. The fraction of sp³-hybridized carbons (Fsp3) is 0.500. The van der Waals surface area contributed by atoms with Gasteiger partial charge < -0.3 is 20.3 Å². The first-order valence-electron chi connectivity index (χ1n) is 6.37. The van der Waals surface area contributed by atoms with E-state index in [1.54, 1.807) is 31.2 Å². The Morgan fingerprint density at radius 1 is 1.47 bits per heavy atom. The molecule has 1 aliphatic heterocycles. The minimum absolute atomic E-state index is 0.0451. The topological polar surface area (TPSA) is 78.8 Å². The first kappa shape index (κ1) is 14.0. The molecule has 1 heterocycles. The van der Waals surface area contributed by atoms with Crippen LogP contribution in [-0.2, 0) is 11.3 Å². The van der Waals surface area contributed by atoms with Gasteiger partial charge >= 0.3 is 0 Å². The molecule has 1 amide bonds. The van der Waals surface area contributed by atoms with Crippen molar-refractivity contribution >= 4 is 5.91 Å². The van der Waals surface area contributed by atoms with Crippen molar-refractivity contribution in [3.8, 4) is 0 Å². The van der Waals surface area contributed by atoms with E-state index in [1.165, 1.54) is 0 Å². The highest BCUT2D eigenvalue weighted by Crippen LogP contribution is 2.24. The minimum atomic E-state index is -0.985. The third kappa shape index (κ3) is 3.12. The number of hydrogen-bond donors (Lipinski definition) is 3. The number of amides is 1. The number of carbonyl (C=O) groups excluding carboxylic acids is 1. The summed E-state index contributed by atoms with van der Waals surface area (Å²) in [6, 6.07) is 6.70. The summed E-state index contributed by atoms with van der Waals surface area (Å²) in [5, 5.41) is 21.9. The van der Waals surface area contributed by atoms with Crippen LogP contribution >= 0.6 is 0 Å². The van der Waals surface area contributed by atoms with Gasteiger partial charge in [0.25, 0.3) is 5.91 Å². The molecule has 1 aliphatic rings. The first-order valence-corrected chi connectivity index (χ1v) is 6.37. The molecule has 19 heavy (non-hydrogen) atoms. The summed E-state index contributed by atoms with van der Waals surface area (Å²) < 4.78 is 5.31. The third-order valence-electron chi connectivity index (χ3n) is 3.61. The third-order valence-corrected chi connectivity index (χ3v) is 3.61. The standard InChI is InChI=1S/C14H19NO4/c1-10-14(18,6-7-19-10)9-15-13(17)12-4-2-11(8-16)3-5-12/h2-5,10,16,18H,6-9H2,1H3,(H,15,17). The SMILES string of the molecule is CC1OCCC1(O)CNC(=O)c1ccc(CO)cc1. The van der Waals surface area contributed by atoms with E-state index in [9.17, 15) is 9.90 Å². The van der Waals surface area contributed by atoms with E-state index in [1.807, 2.05) is 0 Å².